The lowest BCUT2D eigenvalue weighted by atomic mass is 10.0. The van der Waals surface area contributed by atoms with E-state index in [2.05, 4.69) is 22.4 Å². The first-order valence-electron chi connectivity index (χ1n) is 7.54. The Balaban J connectivity index is 1.73. The third kappa shape index (κ3) is 5.54. The zero-order chi connectivity index (χ0) is 16.5. The summed E-state index contributed by atoms with van der Waals surface area (Å²) in [4.78, 5) is 15.7. The largest absolute Gasteiger partial charge is 0.497 e. The van der Waals surface area contributed by atoms with E-state index < -0.39 is 0 Å². The maximum absolute atomic E-state index is 11.8. The van der Waals surface area contributed by atoms with Crippen LogP contribution < -0.4 is 10.2 Å². The molecule has 0 aliphatic carbocycles. The number of rotatable bonds is 7. The Morgan fingerprint density at radius 1 is 1.30 bits per heavy atom. The summed E-state index contributed by atoms with van der Waals surface area (Å²) in [6.07, 6.45) is 7.05. The topological polar surface area (TPSA) is 63.6 Å². The van der Waals surface area contributed by atoms with Crippen molar-refractivity contribution in [1.29, 1.82) is 0 Å². The van der Waals surface area contributed by atoms with Gasteiger partial charge in [-0.15, -0.1) is 0 Å². The minimum absolute atomic E-state index is 0.0820. The molecule has 0 unspecified atom stereocenters. The lowest BCUT2D eigenvalue weighted by Crippen LogP contribution is -2.17. The van der Waals surface area contributed by atoms with Crippen molar-refractivity contribution in [3.63, 3.8) is 0 Å². The minimum atomic E-state index is -0.0820. The van der Waals surface area contributed by atoms with Gasteiger partial charge in [0.1, 0.15) is 5.75 Å². The number of nitrogens with zero attached hydrogens (tertiary/aromatic N) is 2. The van der Waals surface area contributed by atoms with Crippen LogP contribution in [0.25, 0.3) is 0 Å². The second-order valence-corrected chi connectivity index (χ2v) is 5.22. The Morgan fingerprint density at radius 3 is 2.78 bits per heavy atom. The van der Waals surface area contributed by atoms with Gasteiger partial charge in [-0.1, -0.05) is 6.07 Å². The standard InChI is InChI=1S/C18H21N3O2/c1-14-12-17(23-2)7-6-16(14)4-3-5-18(22)21-20-13-15-8-10-19-11-9-15/h6-13H,3-5H2,1-2H3,(H,21,22)/b20-13+. The Morgan fingerprint density at radius 2 is 2.09 bits per heavy atom. The van der Waals surface area contributed by atoms with E-state index in [0.29, 0.717) is 6.42 Å². The number of carbonyl (C=O) groups is 1. The molecule has 0 aliphatic rings. The van der Waals surface area contributed by atoms with Gasteiger partial charge in [0.2, 0.25) is 5.91 Å². The van der Waals surface area contributed by atoms with Gasteiger partial charge < -0.3 is 4.74 Å². The van der Waals surface area contributed by atoms with Gasteiger partial charge >= 0.3 is 0 Å². The van der Waals surface area contributed by atoms with Crippen molar-refractivity contribution in [1.82, 2.24) is 10.4 Å². The molecule has 2 aromatic rings. The molecule has 1 amide bonds. The van der Waals surface area contributed by atoms with Gasteiger partial charge in [-0.05, 0) is 60.7 Å². The zero-order valence-corrected chi connectivity index (χ0v) is 13.5. The normalized spacial score (nSPS) is 10.7. The summed E-state index contributed by atoms with van der Waals surface area (Å²) in [6.45, 7) is 2.05. The van der Waals surface area contributed by atoms with Gasteiger partial charge in [0.05, 0.1) is 13.3 Å². The first kappa shape index (κ1) is 16.7. The van der Waals surface area contributed by atoms with Crippen LogP contribution >= 0.6 is 0 Å². The van der Waals surface area contributed by atoms with Gasteiger partial charge in [0.15, 0.2) is 0 Å². The minimum Gasteiger partial charge on any atom is -0.497 e. The highest BCUT2D eigenvalue weighted by atomic mass is 16.5. The van der Waals surface area contributed by atoms with Crippen molar-refractivity contribution in [2.75, 3.05) is 7.11 Å². The van der Waals surface area contributed by atoms with Crippen molar-refractivity contribution >= 4 is 12.1 Å². The number of pyridine rings is 1. The third-order valence-electron chi connectivity index (χ3n) is 3.51. The lowest BCUT2D eigenvalue weighted by Gasteiger charge is -2.07. The van der Waals surface area contributed by atoms with E-state index >= 15 is 0 Å². The highest BCUT2D eigenvalue weighted by Gasteiger charge is 2.03. The highest BCUT2D eigenvalue weighted by molar-refractivity contribution is 5.82. The SMILES string of the molecule is COc1ccc(CCCC(=O)N/N=C/c2ccncc2)c(C)c1. The van der Waals surface area contributed by atoms with Crippen molar-refractivity contribution in [2.45, 2.75) is 26.2 Å². The molecule has 0 fully saturated rings. The smallest absolute Gasteiger partial charge is 0.240 e. The van der Waals surface area contributed by atoms with Crippen LogP contribution in [0.4, 0.5) is 0 Å². The summed E-state index contributed by atoms with van der Waals surface area (Å²) >= 11 is 0. The van der Waals surface area contributed by atoms with E-state index in [0.717, 1.165) is 24.2 Å². The van der Waals surface area contributed by atoms with Crippen molar-refractivity contribution < 1.29 is 9.53 Å². The number of methoxy groups -OCH3 is 1. The monoisotopic (exact) mass is 311 g/mol. The Bertz CT molecular complexity index is 669. The van der Waals surface area contributed by atoms with Gasteiger partial charge in [0, 0.05) is 18.8 Å². The molecule has 120 valence electrons. The Kier molecular flexibility index (Phi) is 6.29. The predicted molar refractivity (Wildman–Crippen MR) is 90.6 cm³/mol. The molecule has 1 aromatic carbocycles. The predicted octanol–water partition coefficient (Wildman–Crippen LogP) is 2.87. The molecule has 0 saturated carbocycles. The van der Waals surface area contributed by atoms with Crippen LogP contribution in [0, 0.1) is 6.92 Å². The fourth-order valence-corrected chi connectivity index (χ4v) is 2.20. The van der Waals surface area contributed by atoms with E-state index in [1.165, 1.54) is 11.1 Å². The third-order valence-corrected chi connectivity index (χ3v) is 3.51. The second-order valence-electron chi connectivity index (χ2n) is 5.22. The first-order valence-corrected chi connectivity index (χ1v) is 7.54. The maximum atomic E-state index is 11.8. The number of hydrogen-bond donors (Lipinski definition) is 1. The molecule has 1 N–H and O–H groups in total. The molecular weight excluding hydrogens is 290 g/mol. The summed E-state index contributed by atoms with van der Waals surface area (Å²) in [5.74, 6) is 0.774. The van der Waals surface area contributed by atoms with Crippen LogP contribution in [-0.2, 0) is 11.2 Å². The van der Waals surface area contributed by atoms with E-state index in [-0.39, 0.29) is 5.91 Å². The molecule has 0 atom stereocenters. The number of aromatic nitrogens is 1. The molecule has 1 heterocycles. The molecular formula is C18H21N3O2. The number of aryl methyl sites for hydroxylation is 2. The number of amides is 1. The summed E-state index contributed by atoms with van der Waals surface area (Å²) < 4.78 is 5.19. The van der Waals surface area contributed by atoms with Crippen molar-refractivity contribution in [3.8, 4) is 5.75 Å². The Labute approximate surface area is 136 Å². The zero-order valence-electron chi connectivity index (χ0n) is 13.5. The summed E-state index contributed by atoms with van der Waals surface area (Å²) in [5.41, 5.74) is 5.85. The Hall–Kier alpha value is -2.69. The number of carbonyl (C=O) groups excluding carboxylic acids is 1. The van der Waals surface area contributed by atoms with Crippen molar-refractivity contribution in [3.05, 3.63) is 59.4 Å². The van der Waals surface area contributed by atoms with Crippen LogP contribution in [-0.4, -0.2) is 24.2 Å². The van der Waals surface area contributed by atoms with Gasteiger partial charge in [-0.2, -0.15) is 5.10 Å². The van der Waals surface area contributed by atoms with Crippen molar-refractivity contribution in [2.24, 2.45) is 5.10 Å². The van der Waals surface area contributed by atoms with Gasteiger partial charge in [-0.3, -0.25) is 9.78 Å². The molecule has 1 aromatic heterocycles. The van der Waals surface area contributed by atoms with Crippen LogP contribution in [0.1, 0.15) is 29.5 Å². The van der Waals surface area contributed by atoms with Gasteiger partial charge in [-0.25, -0.2) is 5.43 Å². The van der Waals surface area contributed by atoms with Crippen LogP contribution in [0.5, 0.6) is 5.75 Å². The molecule has 5 heteroatoms. The van der Waals surface area contributed by atoms with E-state index in [9.17, 15) is 4.79 Å². The maximum Gasteiger partial charge on any atom is 0.240 e. The quantitative estimate of drug-likeness (QED) is 0.631. The summed E-state index contributed by atoms with van der Waals surface area (Å²) in [5, 5.41) is 3.94. The number of benzene rings is 1. The average molecular weight is 311 g/mol. The van der Waals surface area contributed by atoms with E-state index in [4.69, 9.17) is 4.74 Å². The number of hydrogen-bond acceptors (Lipinski definition) is 4. The molecule has 0 bridgehead atoms. The summed E-state index contributed by atoms with van der Waals surface area (Å²) in [6, 6.07) is 9.65. The average Bonchev–Trinajstić information content (AvgIpc) is 2.57. The number of nitrogens with one attached hydrogen (secondary N) is 1. The van der Waals surface area contributed by atoms with Gasteiger partial charge in [0.25, 0.3) is 0 Å². The van der Waals surface area contributed by atoms with Crippen LogP contribution in [0.2, 0.25) is 0 Å². The molecule has 2 rings (SSSR count). The molecule has 0 spiro atoms. The number of ether oxygens (including phenoxy) is 1. The molecule has 0 radical (unpaired) electrons. The molecule has 23 heavy (non-hydrogen) atoms. The molecule has 0 aliphatic heterocycles. The van der Waals surface area contributed by atoms with Crippen LogP contribution in [0.3, 0.4) is 0 Å². The fraction of sp³-hybridized carbons (Fsp3) is 0.278. The second kappa shape index (κ2) is 8.68. The van der Waals surface area contributed by atoms with Crippen LogP contribution in [0.15, 0.2) is 47.8 Å². The van der Waals surface area contributed by atoms with E-state index in [1.54, 1.807) is 25.7 Å². The lowest BCUT2D eigenvalue weighted by molar-refractivity contribution is -0.121. The summed E-state index contributed by atoms with van der Waals surface area (Å²) in [7, 11) is 1.66. The molecule has 5 nitrogen and oxygen atoms in total. The van der Waals surface area contributed by atoms with E-state index in [1.807, 2.05) is 30.3 Å². The first-order chi connectivity index (χ1) is 11.2. The number of hydrazone groups is 1. The highest BCUT2D eigenvalue weighted by Crippen LogP contribution is 2.18. The molecule has 0 saturated heterocycles. The fourth-order valence-electron chi connectivity index (χ4n) is 2.20.